The summed E-state index contributed by atoms with van der Waals surface area (Å²) in [6, 6.07) is 19.9. The molecule has 1 unspecified atom stereocenters. The van der Waals surface area contributed by atoms with Gasteiger partial charge in [0.15, 0.2) is 5.70 Å². The average molecular weight is 434 g/mol. The van der Waals surface area contributed by atoms with Crippen molar-refractivity contribution in [1.29, 1.82) is 0 Å². The predicted molar refractivity (Wildman–Crippen MR) is 119 cm³/mol. The van der Waals surface area contributed by atoms with Crippen LogP contribution in [0.3, 0.4) is 0 Å². The highest BCUT2D eigenvalue weighted by atomic mass is 16.5. The Morgan fingerprint density at radius 3 is 2.06 bits per heavy atom. The second-order valence-electron chi connectivity index (χ2n) is 8.32. The standard InChI is InChI=1S/C25H27N3O4/c1-16(2)27-15-20(22(18-10-6-4-7-11-18)19-12-8-5-9-13-19)28-23(25(27)31)24(32-17(3)29)21(30)14-26-28/h4-13,16,20,22,26H,14-15H2,1-3H3. The zero-order valence-electron chi connectivity index (χ0n) is 18.4. The summed E-state index contributed by atoms with van der Waals surface area (Å²) in [7, 11) is 0. The van der Waals surface area contributed by atoms with E-state index in [4.69, 9.17) is 4.74 Å². The molecule has 1 N–H and O–H groups in total. The molecule has 1 saturated heterocycles. The maximum Gasteiger partial charge on any atom is 0.308 e. The van der Waals surface area contributed by atoms with Crippen LogP contribution < -0.4 is 5.43 Å². The second kappa shape index (κ2) is 8.96. The van der Waals surface area contributed by atoms with Crippen LogP contribution in [-0.4, -0.2) is 52.7 Å². The molecule has 0 spiro atoms. The van der Waals surface area contributed by atoms with E-state index in [9.17, 15) is 14.4 Å². The number of fused-ring (bicyclic) bond motifs is 1. The van der Waals surface area contributed by atoms with E-state index in [0.717, 1.165) is 11.1 Å². The molecule has 0 radical (unpaired) electrons. The number of Topliss-reactive ketones (excluding diaryl/α,β-unsaturated/α-hetero) is 1. The van der Waals surface area contributed by atoms with Crippen LogP contribution in [0.2, 0.25) is 0 Å². The minimum atomic E-state index is -0.628. The summed E-state index contributed by atoms with van der Waals surface area (Å²) in [5, 5.41) is 1.74. The van der Waals surface area contributed by atoms with Crippen LogP contribution in [-0.2, 0) is 19.1 Å². The number of hydrazine groups is 1. The minimum Gasteiger partial charge on any atom is -0.420 e. The highest BCUT2D eigenvalue weighted by molar-refractivity contribution is 6.07. The van der Waals surface area contributed by atoms with E-state index in [2.05, 4.69) is 29.7 Å². The Morgan fingerprint density at radius 2 is 1.56 bits per heavy atom. The highest BCUT2D eigenvalue weighted by Gasteiger charge is 2.47. The Bertz CT molecular complexity index is 1010. The van der Waals surface area contributed by atoms with Crippen molar-refractivity contribution in [2.45, 2.75) is 38.8 Å². The molecule has 0 aliphatic carbocycles. The number of hydrogen-bond acceptors (Lipinski definition) is 6. The van der Waals surface area contributed by atoms with Crippen molar-refractivity contribution in [3.63, 3.8) is 0 Å². The number of ether oxygens (including phenoxy) is 1. The van der Waals surface area contributed by atoms with Crippen LogP contribution in [0.25, 0.3) is 0 Å². The largest absolute Gasteiger partial charge is 0.420 e. The van der Waals surface area contributed by atoms with Gasteiger partial charge in [-0.3, -0.25) is 19.4 Å². The molecule has 7 nitrogen and oxygen atoms in total. The van der Waals surface area contributed by atoms with E-state index < -0.39 is 11.8 Å². The van der Waals surface area contributed by atoms with E-state index in [-0.39, 0.29) is 41.9 Å². The maximum atomic E-state index is 13.4. The van der Waals surface area contributed by atoms with E-state index >= 15 is 0 Å². The minimum absolute atomic E-state index is 0.0477. The summed E-state index contributed by atoms with van der Waals surface area (Å²) in [6.07, 6.45) is 0. The fraction of sp³-hybridized carbons (Fsp3) is 0.320. The summed E-state index contributed by atoms with van der Waals surface area (Å²) in [5.74, 6) is -1.65. The van der Waals surface area contributed by atoms with Crippen LogP contribution in [0.15, 0.2) is 72.1 Å². The first kappa shape index (κ1) is 21.8. The number of rotatable bonds is 5. The smallest absolute Gasteiger partial charge is 0.308 e. The summed E-state index contributed by atoms with van der Waals surface area (Å²) in [5.41, 5.74) is 5.40. The van der Waals surface area contributed by atoms with Crippen LogP contribution in [0, 0.1) is 0 Å². The molecular weight excluding hydrogens is 406 g/mol. The van der Waals surface area contributed by atoms with Crippen molar-refractivity contribution in [2.75, 3.05) is 13.1 Å². The third-order valence-electron chi connectivity index (χ3n) is 5.87. The Morgan fingerprint density at radius 1 is 1.00 bits per heavy atom. The quantitative estimate of drug-likeness (QED) is 0.731. The normalized spacial score (nSPS) is 19.0. The van der Waals surface area contributed by atoms with E-state index in [1.165, 1.54) is 6.92 Å². The third kappa shape index (κ3) is 4.03. The maximum absolute atomic E-state index is 13.4. The van der Waals surface area contributed by atoms with Gasteiger partial charge < -0.3 is 9.64 Å². The van der Waals surface area contributed by atoms with Crippen LogP contribution in [0.5, 0.6) is 0 Å². The summed E-state index contributed by atoms with van der Waals surface area (Å²) < 4.78 is 5.27. The molecule has 166 valence electrons. The molecule has 1 atom stereocenters. The van der Waals surface area contributed by atoms with Crippen molar-refractivity contribution >= 4 is 17.7 Å². The second-order valence-corrected chi connectivity index (χ2v) is 8.32. The number of hydrogen-bond donors (Lipinski definition) is 1. The van der Waals surface area contributed by atoms with Gasteiger partial charge in [0.1, 0.15) is 0 Å². The molecule has 4 rings (SSSR count). The van der Waals surface area contributed by atoms with Gasteiger partial charge in [-0.1, -0.05) is 60.7 Å². The van der Waals surface area contributed by atoms with Gasteiger partial charge in [0, 0.05) is 25.4 Å². The lowest BCUT2D eigenvalue weighted by Crippen LogP contribution is -2.65. The van der Waals surface area contributed by atoms with Gasteiger partial charge in [0.2, 0.25) is 11.5 Å². The van der Waals surface area contributed by atoms with Crippen LogP contribution in [0.4, 0.5) is 0 Å². The molecule has 2 heterocycles. The molecule has 0 saturated carbocycles. The molecule has 1 fully saturated rings. The zero-order chi connectivity index (χ0) is 22.8. The van der Waals surface area contributed by atoms with E-state index in [0.29, 0.717) is 6.54 Å². The topological polar surface area (TPSA) is 79.0 Å². The van der Waals surface area contributed by atoms with Gasteiger partial charge >= 0.3 is 5.97 Å². The molecule has 1 amide bonds. The Labute approximate surface area is 187 Å². The molecule has 2 aliphatic rings. The molecule has 2 aliphatic heterocycles. The number of nitrogens with one attached hydrogen (secondary N) is 1. The number of carbonyl (C=O) groups excluding carboxylic acids is 3. The van der Waals surface area contributed by atoms with Crippen molar-refractivity contribution in [3.05, 3.63) is 83.2 Å². The fourth-order valence-electron chi connectivity index (χ4n) is 4.45. The number of ketones is 1. The number of benzene rings is 2. The highest BCUT2D eigenvalue weighted by Crippen LogP contribution is 2.37. The Hall–Kier alpha value is -3.45. The Balaban J connectivity index is 1.90. The first-order chi connectivity index (χ1) is 15.4. The summed E-state index contributed by atoms with van der Waals surface area (Å²) in [6.45, 7) is 5.51. The van der Waals surface area contributed by atoms with Gasteiger partial charge in [0.05, 0.1) is 12.6 Å². The van der Waals surface area contributed by atoms with Crippen molar-refractivity contribution in [3.8, 4) is 0 Å². The van der Waals surface area contributed by atoms with Crippen molar-refractivity contribution in [1.82, 2.24) is 15.3 Å². The number of piperazine rings is 1. The molecule has 32 heavy (non-hydrogen) atoms. The third-order valence-corrected chi connectivity index (χ3v) is 5.87. The fourth-order valence-corrected chi connectivity index (χ4v) is 4.45. The first-order valence-electron chi connectivity index (χ1n) is 10.8. The van der Waals surface area contributed by atoms with Crippen LogP contribution in [0.1, 0.15) is 37.8 Å². The molecular formula is C25H27N3O4. The summed E-state index contributed by atoms with van der Waals surface area (Å²) in [4.78, 5) is 39.5. The van der Waals surface area contributed by atoms with E-state index in [1.807, 2.05) is 50.2 Å². The van der Waals surface area contributed by atoms with Gasteiger partial charge in [-0.15, -0.1) is 0 Å². The summed E-state index contributed by atoms with van der Waals surface area (Å²) >= 11 is 0. The number of nitrogens with zero attached hydrogens (tertiary/aromatic N) is 2. The van der Waals surface area contributed by atoms with Gasteiger partial charge in [-0.2, -0.15) is 0 Å². The molecule has 2 aromatic carbocycles. The lowest BCUT2D eigenvalue weighted by Gasteiger charge is -2.49. The van der Waals surface area contributed by atoms with Crippen molar-refractivity contribution in [2.24, 2.45) is 0 Å². The van der Waals surface area contributed by atoms with Crippen molar-refractivity contribution < 1.29 is 19.1 Å². The predicted octanol–water partition coefficient (Wildman–Crippen LogP) is 2.60. The van der Waals surface area contributed by atoms with Crippen LogP contribution >= 0.6 is 0 Å². The molecule has 7 heteroatoms. The van der Waals surface area contributed by atoms with Gasteiger partial charge in [0.25, 0.3) is 5.91 Å². The monoisotopic (exact) mass is 433 g/mol. The average Bonchev–Trinajstić information content (AvgIpc) is 2.78. The SMILES string of the molecule is CC(=O)OC1=C2C(=O)N(C(C)C)CC(C(c3ccccc3)c3ccccc3)N2NCC1=O. The van der Waals surface area contributed by atoms with Gasteiger partial charge in [-0.25, -0.2) is 5.43 Å². The molecule has 0 bridgehead atoms. The lowest BCUT2D eigenvalue weighted by molar-refractivity contribution is -0.146. The molecule has 2 aromatic rings. The first-order valence-corrected chi connectivity index (χ1v) is 10.8. The molecule has 0 aromatic heterocycles. The zero-order valence-corrected chi connectivity index (χ0v) is 18.4. The number of carbonyl (C=O) groups is 3. The lowest BCUT2D eigenvalue weighted by atomic mass is 9.82. The van der Waals surface area contributed by atoms with E-state index in [1.54, 1.807) is 9.91 Å². The Kier molecular flexibility index (Phi) is 6.10. The van der Waals surface area contributed by atoms with Gasteiger partial charge in [-0.05, 0) is 25.0 Å². The number of amides is 1. The number of esters is 1.